The van der Waals surface area contributed by atoms with Crippen molar-refractivity contribution in [3.05, 3.63) is 0 Å². The fourth-order valence-electron chi connectivity index (χ4n) is 2.21. The second-order valence-corrected chi connectivity index (χ2v) is 7.91. The molecule has 19 heavy (non-hydrogen) atoms. The highest BCUT2D eigenvalue weighted by atomic mass is 32.2. The minimum atomic E-state index is -2.78. The summed E-state index contributed by atoms with van der Waals surface area (Å²) in [7, 11) is -1.04. The summed E-state index contributed by atoms with van der Waals surface area (Å²) in [5.74, 6) is 2.36. The van der Waals surface area contributed by atoms with Crippen LogP contribution in [0.1, 0.15) is 33.1 Å². The smallest absolute Gasteiger partial charge is 0.190 e. The summed E-state index contributed by atoms with van der Waals surface area (Å²) < 4.78 is 22.7. The standard InChI is InChI=1S/C13H27N3O2S/c1-11(2)5-4-7-15-13(14-3)16-9-12-6-8-19(17,18)10-12/h11-12H,4-10H2,1-3H3,(H2,14,15,16). The monoisotopic (exact) mass is 289 g/mol. The van der Waals surface area contributed by atoms with Crippen LogP contribution in [0, 0.1) is 11.8 Å². The Balaban J connectivity index is 2.19. The van der Waals surface area contributed by atoms with E-state index in [1.165, 1.54) is 6.42 Å². The van der Waals surface area contributed by atoms with Crippen LogP contribution in [-0.4, -0.2) is 46.0 Å². The molecule has 0 aliphatic carbocycles. The predicted octanol–water partition coefficient (Wildman–Crippen LogP) is 1.02. The van der Waals surface area contributed by atoms with Gasteiger partial charge in [-0.15, -0.1) is 0 Å². The topological polar surface area (TPSA) is 70.6 Å². The molecule has 2 N–H and O–H groups in total. The molecule has 0 bridgehead atoms. The van der Waals surface area contributed by atoms with Crippen molar-refractivity contribution in [1.82, 2.24) is 10.6 Å². The molecule has 0 amide bonds. The molecule has 0 saturated carbocycles. The van der Waals surface area contributed by atoms with Crippen molar-refractivity contribution in [3.63, 3.8) is 0 Å². The molecule has 0 aromatic heterocycles. The van der Waals surface area contributed by atoms with Gasteiger partial charge < -0.3 is 10.6 Å². The zero-order chi connectivity index (χ0) is 14.3. The van der Waals surface area contributed by atoms with E-state index in [0.29, 0.717) is 18.1 Å². The molecule has 6 heteroatoms. The Bertz CT molecular complexity index is 391. The number of nitrogens with one attached hydrogen (secondary N) is 2. The van der Waals surface area contributed by atoms with Gasteiger partial charge in [0, 0.05) is 20.1 Å². The van der Waals surface area contributed by atoms with Crippen LogP contribution >= 0.6 is 0 Å². The summed E-state index contributed by atoms with van der Waals surface area (Å²) in [4.78, 5) is 4.15. The van der Waals surface area contributed by atoms with E-state index in [1.807, 2.05) is 0 Å². The molecule has 1 aliphatic heterocycles. The Morgan fingerprint density at radius 2 is 2.11 bits per heavy atom. The molecule has 1 heterocycles. The molecule has 112 valence electrons. The summed E-state index contributed by atoms with van der Waals surface area (Å²) in [6.45, 7) is 6.02. The Kier molecular flexibility index (Phi) is 6.62. The highest BCUT2D eigenvalue weighted by molar-refractivity contribution is 7.91. The third-order valence-electron chi connectivity index (χ3n) is 3.36. The van der Waals surface area contributed by atoms with Crippen LogP contribution in [0.25, 0.3) is 0 Å². The highest BCUT2D eigenvalue weighted by Crippen LogP contribution is 2.17. The molecular weight excluding hydrogens is 262 g/mol. The maximum Gasteiger partial charge on any atom is 0.190 e. The van der Waals surface area contributed by atoms with Gasteiger partial charge in [-0.3, -0.25) is 4.99 Å². The Morgan fingerprint density at radius 1 is 1.37 bits per heavy atom. The number of hydrogen-bond donors (Lipinski definition) is 2. The second-order valence-electron chi connectivity index (χ2n) is 5.69. The summed E-state index contributed by atoms with van der Waals surface area (Å²) in [5.41, 5.74) is 0. The van der Waals surface area contributed by atoms with E-state index in [4.69, 9.17) is 0 Å². The van der Waals surface area contributed by atoms with Crippen molar-refractivity contribution in [2.24, 2.45) is 16.8 Å². The van der Waals surface area contributed by atoms with Gasteiger partial charge in [0.05, 0.1) is 11.5 Å². The van der Waals surface area contributed by atoms with E-state index in [9.17, 15) is 8.42 Å². The van der Waals surface area contributed by atoms with Crippen molar-refractivity contribution in [2.45, 2.75) is 33.1 Å². The van der Waals surface area contributed by atoms with E-state index >= 15 is 0 Å². The highest BCUT2D eigenvalue weighted by Gasteiger charge is 2.27. The average Bonchev–Trinajstić information content (AvgIpc) is 2.68. The first-order chi connectivity index (χ1) is 8.93. The number of aliphatic imine (C=N–C) groups is 1. The van der Waals surface area contributed by atoms with Crippen molar-refractivity contribution >= 4 is 15.8 Å². The molecule has 0 aromatic rings. The van der Waals surface area contributed by atoms with Gasteiger partial charge in [-0.05, 0) is 31.1 Å². The molecule has 1 fully saturated rings. The minimum Gasteiger partial charge on any atom is -0.356 e. The number of guanidine groups is 1. The van der Waals surface area contributed by atoms with E-state index < -0.39 is 9.84 Å². The third-order valence-corrected chi connectivity index (χ3v) is 5.20. The molecule has 0 radical (unpaired) electrons. The Labute approximate surface area is 117 Å². The molecular formula is C13H27N3O2S. The minimum absolute atomic E-state index is 0.221. The van der Waals surface area contributed by atoms with E-state index in [2.05, 4.69) is 29.5 Å². The van der Waals surface area contributed by atoms with Crippen LogP contribution in [0.15, 0.2) is 4.99 Å². The molecule has 1 aliphatic rings. The fourth-order valence-corrected chi connectivity index (χ4v) is 4.07. The number of rotatable bonds is 6. The van der Waals surface area contributed by atoms with Crippen molar-refractivity contribution in [3.8, 4) is 0 Å². The number of hydrogen-bond acceptors (Lipinski definition) is 3. The first kappa shape index (κ1) is 16.3. The van der Waals surface area contributed by atoms with Gasteiger partial charge in [-0.2, -0.15) is 0 Å². The van der Waals surface area contributed by atoms with Crippen molar-refractivity contribution in [2.75, 3.05) is 31.6 Å². The summed E-state index contributed by atoms with van der Waals surface area (Å²) in [6.07, 6.45) is 3.08. The fraction of sp³-hybridized carbons (Fsp3) is 0.923. The van der Waals surface area contributed by atoms with Crippen LogP contribution in [-0.2, 0) is 9.84 Å². The Hall–Kier alpha value is -0.780. The molecule has 1 atom stereocenters. The zero-order valence-corrected chi connectivity index (χ0v) is 13.1. The molecule has 1 unspecified atom stereocenters. The Morgan fingerprint density at radius 3 is 2.63 bits per heavy atom. The van der Waals surface area contributed by atoms with Crippen LogP contribution in [0.4, 0.5) is 0 Å². The van der Waals surface area contributed by atoms with Crippen molar-refractivity contribution in [1.29, 1.82) is 0 Å². The van der Waals surface area contributed by atoms with Gasteiger partial charge in [0.2, 0.25) is 0 Å². The lowest BCUT2D eigenvalue weighted by atomic mass is 10.1. The van der Waals surface area contributed by atoms with Crippen LogP contribution in [0.3, 0.4) is 0 Å². The van der Waals surface area contributed by atoms with Crippen LogP contribution in [0.5, 0.6) is 0 Å². The first-order valence-electron chi connectivity index (χ1n) is 7.08. The molecule has 1 saturated heterocycles. The third kappa shape index (κ3) is 6.80. The lowest BCUT2D eigenvalue weighted by molar-refractivity contribution is 0.542. The van der Waals surface area contributed by atoms with E-state index in [1.54, 1.807) is 7.05 Å². The van der Waals surface area contributed by atoms with Gasteiger partial charge in [0.25, 0.3) is 0 Å². The zero-order valence-electron chi connectivity index (χ0n) is 12.3. The van der Waals surface area contributed by atoms with Crippen LogP contribution < -0.4 is 10.6 Å². The van der Waals surface area contributed by atoms with Gasteiger partial charge in [0.1, 0.15) is 0 Å². The SMILES string of the molecule is CN=C(NCCCC(C)C)NCC1CCS(=O)(=O)C1. The maximum atomic E-state index is 11.4. The normalized spacial score (nSPS) is 22.7. The quantitative estimate of drug-likeness (QED) is 0.435. The predicted molar refractivity (Wildman–Crippen MR) is 80.2 cm³/mol. The van der Waals surface area contributed by atoms with Gasteiger partial charge in [-0.1, -0.05) is 13.8 Å². The van der Waals surface area contributed by atoms with Gasteiger partial charge >= 0.3 is 0 Å². The van der Waals surface area contributed by atoms with Gasteiger partial charge in [0.15, 0.2) is 15.8 Å². The van der Waals surface area contributed by atoms with Gasteiger partial charge in [-0.25, -0.2) is 8.42 Å². The second kappa shape index (κ2) is 7.72. The number of nitrogens with zero attached hydrogens (tertiary/aromatic N) is 1. The lowest BCUT2D eigenvalue weighted by Gasteiger charge is -2.14. The molecule has 5 nitrogen and oxygen atoms in total. The summed E-state index contributed by atoms with van der Waals surface area (Å²) >= 11 is 0. The number of sulfone groups is 1. The first-order valence-corrected chi connectivity index (χ1v) is 8.90. The molecule has 0 aromatic carbocycles. The molecule has 1 rings (SSSR count). The molecule has 0 spiro atoms. The maximum absolute atomic E-state index is 11.4. The van der Waals surface area contributed by atoms with Crippen LogP contribution in [0.2, 0.25) is 0 Å². The largest absolute Gasteiger partial charge is 0.356 e. The van der Waals surface area contributed by atoms with Crippen molar-refractivity contribution < 1.29 is 8.42 Å². The average molecular weight is 289 g/mol. The summed E-state index contributed by atoms with van der Waals surface area (Å²) in [6, 6.07) is 0. The van der Waals surface area contributed by atoms with E-state index in [0.717, 1.165) is 31.3 Å². The lowest BCUT2D eigenvalue weighted by Crippen LogP contribution is -2.40. The van der Waals surface area contributed by atoms with E-state index in [-0.39, 0.29) is 5.92 Å². The summed E-state index contributed by atoms with van der Waals surface area (Å²) in [5, 5.41) is 6.47.